The molecule has 1 aromatic heterocycles. The van der Waals surface area contributed by atoms with Crippen LogP contribution in [0.4, 0.5) is 11.4 Å². The van der Waals surface area contributed by atoms with Gasteiger partial charge in [-0.05, 0) is 77.4 Å². The molecule has 0 aliphatic heterocycles. The molecule has 5 aromatic carbocycles. The van der Waals surface area contributed by atoms with Crippen LogP contribution in [-0.4, -0.2) is 23.0 Å². The van der Waals surface area contributed by atoms with Gasteiger partial charge in [0.2, 0.25) is 0 Å². The van der Waals surface area contributed by atoms with Gasteiger partial charge >= 0.3 is 0 Å². The number of carbonyl (C=O) groups excluding carboxylic acids is 1. The van der Waals surface area contributed by atoms with E-state index in [2.05, 4.69) is 52.1 Å². The largest absolute Gasteiger partial charge is 0.507 e. The maximum atomic E-state index is 14.3. The van der Waals surface area contributed by atoms with E-state index in [4.69, 9.17) is 14.5 Å². The van der Waals surface area contributed by atoms with Crippen LogP contribution >= 0.6 is 0 Å². The van der Waals surface area contributed by atoms with Crippen molar-refractivity contribution in [1.82, 2.24) is 4.98 Å². The third-order valence-electron chi connectivity index (χ3n) is 9.12. The number of rotatable bonds is 8. The van der Waals surface area contributed by atoms with Crippen LogP contribution < -0.4 is 14.8 Å². The SMILES string of the molecule is COc1ccc(Nc2cc(Oc3ccc(C(C)(C)CC(C)(C)C)cc3)c3cc(-c4ccccc4O)nc4c3c2C(=O)c2ccccc2-4)cc1. The van der Waals surface area contributed by atoms with Crippen LogP contribution in [0.25, 0.3) is 33.3 Å². The first-order valence-electron chi connectivity index (χ1n) is 16.6. The molecule has 0 bridgehead atoms. The summed E-state index contributed by atoms with van der Waals surface area (Å²) in [4.78, 5) is 19.5. The van der Waals surface area contributed by atoms with E-state index in [0.717, 1.165) is 28.8 Å². The molecule has 0 spiro atoms. The first-order valence-corrected chi connectivity index (χ1v) is 16.6. The molecule has 246 valence electrons. The Balaban J connectivity index is 1.44. The lowest BCUT2D eigenvalue weighted by molar-refractivity contribution is 0.104. The molecule has 0 amide bonds. The van der Waals surface area contributed by atoms with Crippen LogP contribution in [0.5, 0.6) is 23.0 Å². The van der Waals surface area contributed by atoms with Crippen LogP contribution in [0.1, 0.15) is 62.5 Å². The Morgan fingerprint density at radius 3 is 2.04 bits per heavy atom. The summed E-state index contributed by atoms with van der Waals surface area (Å²) in [5.74, 6) is 1.99. The molecule has 1 aliphatic carbocycles. The summed E-state index contributed by atoms with van der Waals surface area (Å²) >= 11 is 0. The fourth-order valence-electron chi connectivity index (χ4n) is 7.23. The number of nitrogens with zero attached hydrogens (tertiary/aromatic N) is 1. The zero-order valence-corrected chi connectivity index (χ0v) is 28.7. The maximum absolute atomic E-state index is 14.3. The fraction of sp³-hybridized carbons (Fsp3) is 0.209. The first-order chi connectivity index (χ1) is 23.4. The molecule has 6 aromatic rings. The number of phenols is 1. The van der Waals surface area contributed by atoms with Crippen LogP contribution in [0.15, 0.2) is 109 Å². The van der Waals surface area contributed by atoms with Crippen molar-refractivity contribution in [2.75, 3.05) is 12.4 Å². The summed E-state index contributed by atoms with van der Waals surface area (Å²) in [6.45, 7) is 11.4. The Bertz CT molecular complexity index is 2210. The standard InChI is InChI=1S/C43H40N2O4/c1-42(2,3)25-43(4,5)26-15-19-29(20-16-26)49-37-24-35(44-27-17-21-28(48-6)22-18-27)39-38-33(37)23-34(32-13-9-10-14-36(32)46)45-40(38)30-11-7-8-12-31(30)41(39)47/h7-24,44,46H,25H2,1-6H3. The molecule has 7 rings (SSSR count). The third-order valence-corrected chi connectivity index (χ3v) is 9.12. The highest BCUT2D eigenvalue weighted by molar-refractivity contribution is 6.29. The van der Waals surface area contributed by atoms with Crippen molar-refractivity contribution in [3.8, 4) is 45.5 Å². The normalized spacial score (nSPS) is 12.5. The predicted octanol–water partition coefficient (Wildman–Crippen LogP) is 11.1. The van der Waals surface area contributed by atoms with E-state index >= 15 is 0 Å². The lowest BCUT2D eigenvalue weighted by atomic mass is 9.72. The van der Waals surface area contributed by atoms with Gasteiger partial charge in [-0.15, -0.1) is 0 Å². The van der Waals surface area contributed by atoms with Crippen molar-refractivity contribution in [1.29, 1.82) is 0 Å². The summed E-state index contributed by atoms with van der Waals surface area (Å²) in [5, 5.41) is 15.8. The van der Waals surface area contributed by atoms with Gasteiger partial charge in [0, 0.05) is 39.2 Å². The van der Waals surface area contributed by atoms with E-state index < -0.39 is 0 Å². The molecule has 2 N–H and O–H groups in total. The number of hydrogen-bond donors (Lipinski definition) is 2. The molecule has 6 heteroatoms. The van der Waals surface area contributed by atoms with Crippen molar-refractivity contribution in [2.24, 2.45) is 5.41 Å². The number of benzene rings is 5. The third kappa shape index (κ3) is 6.11. The van der Waals surface area contributed by atoms with Gasteiger partial charge in [0.05, 0.1) is 29.7 Å². The topological polar surface area (TPSA) is 80.7 Å². The smallest absolute Gasteiger partial charge is 0.196 e. The maximum Gasteiger partial charge on any atom is 0.196 e. The minimum absolute atomic E-state index is 0.0154. The molecule has 1 heterocycles. The van der Waals surface area contributed by atoms with Crippen LogP contribution in [-0.2, 0) is 5.41 Å². The molecule has 1 aliphatic rings. The number of pyridine rings is 1. The van der Waals surface area contributed by atoms with E-state index in [1.807, 2.05) is 84.9 Å². The zero-order chi connectivity index (χ0) is 34.5. The van der Waals surface area contributed by atoms with Crippen molar-refractivity contribution in [3.63, 3.8) is 0 Å². The van der Waals surface area contributed by atoms with Gasteiger partial charge < -0.3 is 19.9 Å². The molecular formula is C43H40N2O4. The van der Waals surface area contributed by atoms with Gasteiger partial charge in [0.15, 0.2) is 5.78 Å². The van der Waals surface area contributed by atoms with E-state index in [1.165, 1.54) is 5.56 Å². The lowest BCUT2D eigenvalue weighted by Gasteiger charge is -2.33. The summed E-state index contributed by atoms with van der Waals surface area (Å²) in [5.41, 5.74) is 6.45. The Hall–Kier alpha value is -5.62. The van der Waals surface area contributed by atoms with Gasteiger partial charge in [-0.25, -0.2) is 4.98 Å². The van der Waals surface area contributed by atoms with Crippen molar-refractivity contribution in [3.05, 3.63) is 126 Å². The zero-order valence-electron chi connectivity index (χ0n) is 28.7. The number of ether oxygens (including phenoxy) is 2. The number of nitrogens with one attached hydrogen (secondary N) is 1. The number of phenolic OH excluding ortho intramolecular Hbond substituents is 1. The van der Waals surface area contributed by atoms with Gasteiger partial charge in [-0.3, -0.25) is 4.79 Å². The Labute approximate surface area is 287 Å². The average molecular weight is 649 g/mol. The fourth-order valence-corrected chi connectivity index (χ4v) is 7.23. The number of methoxy groups -OCH3 is 1. The second-order valence-electron chi connectivity index (χ2n) is 14.6. The number of hydrogen-bond acceptors (Lipinski definition) is 6. The molecule has 0 fully saturated rings. The Morgan fingerprint density at radius 1 is 0.755 bits per heavy atom. The number of carbonyl (C=O) groups is 1. The minimum Gasteiger partial charge on any atom is -0.507 e. The quantitative estimate of drug-likeness (QED) is 0.171. The van der Waals surface area contributed by atoms with E-state index in [0.29, 0.717) is 50.7 Å². The highest BCUT2D eigenvalue weighted by Crippen LogP contribution is 2.48. The van der Waals surface area contributed by atoms with E-state index in [9.17, 15) is 9.90 Å². The lowest BCUT2D eigenvalue weighted by Crippen LogP contribution is -2.24. The number of aromatic hydroxyl groups is 1. The van der Waals surface area contributed by atoms with Crippen molar-refractivity contribution >= 4 is 27.9 Å². The van der Waals surface area contributed by atoms with Crippen LogP contribution in [0.2, 0.25) is 0 Å². The highest BCUT2D eigenvalue weighted by atomic mass is 16.5. The second-order valence-corrected chi connectivity index (χ2v) is 14.6. The molecule has 6 nitrogen and oxygen atoms in total. The first kappa shape index (κ1) is 32.0. The highest BCUT2D eigenvalue weighted by Gasteiger charge is 2.32. The number of para-hydroxylation sites is 1. The van der Waals surface area contributed by atoms with E-state index in [1.54, 1.807) is 19.2 Å². The van der Waals surface area contributed by atoms with Crippen LogP contribution in [0, 0.1) is 5.41 Å². The molecule has 0 saturated carbocycles. The average Bonchev–Trinajstić information content (AvgIpc) is 3.07. The Kier molecular flexibility index (Phi) is 7.90. The molecule has 49 heavy (non-hydrogen) atoms. The molecule has 0 atom stereocenters. The molecular weight excluding hydrogens is 608 g/mol. The van der Waals surface area contributed by atoms with Gasteiger partial charge in [0.1, 0.15) is 23.0 Å². The molecule has 0 unspecified atom stereocenters. The number of anilines is 2. The monoisotopic (exact) mass is 648 g/mol. The van der Waals surface area contributed by atoms with E-state index in [-0.39, 0.29) is 22.4 Å². The number of fused-ring (bicyclic) bond motifs is 2. The summed E-state index contributed by atoms with van der Waals surface area (Å²) < 4.78 is 12.1. The molecule has 0 saturated heterocycles. The van der Waals surface area contributed by atoms with Crippen molar-refractivity contribution < 1.29 is 19.4 Å². The van der Waals surface area contributed by atoms with Crippen molar-refractivity contribution in [2.45, 2.75) is 46.5 Å². The van der Waals surface area contributed by atoms with Crippen LogP contribution in [0.3, 0.4) is 0 Å². The summed E-state index contributed by atoms with van der Waals surface area (Å²) in [6, 6.07) is 34.4. The minimum atomic E-state index is -0.0989. The van der Waals surface area contributed by atoms with Gasteiger partial charge in [-0.1, -0.05) is 83.1 Å². The predicted molar refractivity (Wildman–Crippen MR) is 198 cm³/mol. The number of ketones is 1. The number of aromatic nitrogens is 1. The Morgan fingerprint density at radius 2 is 1.39 bits per heavy atom. The second kappa shape index (κ2) is 12.1. The van der Waals surface area contributed by atoms with Gasteiger partial charge in [-0.2, -0.15) is 0 Å². The van der Waals surface area contributed by atoms with Gasteiger partial charge in [0.25, 0.3) is 0 Å². The summed E-state index contributed by atoms with van der Waals surface area (Å²) in [6.07, 6.45) is 1.03. The summed E-state index contributed by atoms with van der Waals surface area (Å²) in [7, 11) is 1.63. The molecule has 0 radical (unpaired) electrons.